The number of pyridine rings is 1. The summed E-state index contributed by atoms with van der Waals surface area (Å²) in [4.78, 5) is 31.2. The maximum Gasteiger partial charge on any atom is 0.481 e. The average molecular weight is 548 g/mol. The van der Waals surface area contributed by atoms with E-state index in [1.807, 2.05) is 36.4 Å². The van der Waals surface area contributed by atoms with Crippen molar-refractivity contribution in [3.05, 3.63) is 54.2 Å². The van der Waals surface area contributed by atoms with Crippen LogP contribution >= 0.6 is 0 Å². The van der Waals surface area contributed by atoms with Gasteiger partial charge in [0.25, 0.3) is 5.91 Å². The van der Waals surface area contributed by atoms with Gasteiger partial charge in [-0.25, -0.2) is 4.98 Å². The van der Waals surface area contributed by atoms with Gasteiger partial charge in [0.15, 0.2) is 0 Å². The molecule has 2 amide bonds. The number of amides is 2. The molecular formula is C31H42BN3O5. The molecule has 2 heterocycles. The van der Waals surface area contributed by atoms with Crippen molar-refractivity contribution in [2.24, 2.45) is 23.2 Å². The highest BCUT2D eigenvalue weighted by Crippen LogP contribution is 2.65. The van der Waals surface area contributed by atoms with E-state index in [-0.39, 0.29) is 23.1 Å². The monoisotopic (exact) mass is 547 g/mol. The highest BCUT2D eigenvalue weighted by molar-refractivity contribution is 6.48. The van der Waals surface area contributed by atoms with Crippen LogP contribution in [0.1, 0.15) is 71.3 Å². The summed E-state index contributed by atoms with van der Waals surface area (Å²) < 4.78 is 13.1. The molecular weight excluding hydrogens is 505 g/mol. The van der Waals surface area contributed by atoms with Crippen molar-refractivity contribution < 1.29 is 24.0 Å². The molecule has 1 saturated heterocycles. The number of nitrogens with one attached hydrogen (secondary N) is 2. The molecule has 3 N–H and O–H groups in total. The van der Waals surface area contributed by atoms with Crippen LogP contribution in [0.3, 0.4) is 0 Å². The SMILES string of the molecule is CC(C)C[C@H](NC(=O)C(NC(=O)c1cccc(-c2ccccc2)n1)C(C)O)B1OC2C[C@@H]3C[C@@H](C3(C)C)[C@]2(C)O1. The van der Waals surface area contributed by atoms with Gasteiger partial charge in [-0.15, -0.1) is 0 Å². The second-order valence-electron chi connectivity index (χ2n) is 13.0. The van der Waals surface area contributed by atoms with E-state index in [1.54, 1.807) is 12.1 Å². The van der Waals surface area contributed by atoms with Crippen molar-refractivity contribution >= 4 is 18.9 Å². The minimum absolute atomic E-state index is 0.00364. The van der Waals surface area contributed by atoms with E-state index >= 15 is 0 Å². The number of aliphatic hydroxyl groups excluding tert-OH is 1. The van der Waals surface area contributed by atoms with Crippen LogP contribution in [-0.2, 0) is 14.1 Å². The third-order valence-electron chi connectivity index (χ3n) is 9.45. The van der Waals surface area contributed by atoms with Crippen molar-refractivity contribution in [3.8, 4) is 11.3 Å². The summed E-state index contributed by atoms with van der Waals surface area (Å²) in [6, 6.07) is 13.6. The molecule has 6 rings (SSSR count). The molecule has 1 aliphatic heterocycles. The molecule has 0 radical (unpaired) electrons. The van der Waals surface area contributed by atoms with Crippen LogP contribution in [0, 0.1) is 23.2 Å². The highest BCUT2D eigenvalue weighted by atomic mass is 16.7. The summed E-state index contributed by atoms with van der Waals surface area (Å²) >= 11 is 0. The zero-order valence-corrected chi connectivity index (χ0v) is 24.4. The Kier molecular flexibility index (Phi) is 7.85. The first kappa shape index (κ1) is 28.8. The maximum absolute atomic E-state index is 13.5. The molecule has 4 fully saturated rings. The predicted molar refractivity (Wildman–Crippen MR) is 154 cm³/mol. The number of carbonyl (C=O) groups excluding carboxylic acids is 2. The Morgan fingerprint density at radius 3 is 2.42 bits per heavy atom. The Morgan fingerprint density at radius 1 is 1.05 bits per heavy atom. The van der Waals surface area contributed by atoms with Gasteiger partial charge in [-0.1, -0.05) is 64.1 Å². The van der Waals surface area contributed by atoms with E-state index in [2.05, 4.69) is 50.2 Å². The number of nitrogens with zero attached hydrogens (tertiary/aromatic N) is 1. The van der Waals surface area contributed by atoms with Crippen molar-refractivity contribution in [3.63, 3.8) is 0 Å². The van der Waals surface area contributed by atoms with E-state index in [0.717, 1.165) is 18.4 Å². The lowest BCUT2D eigenvalue weighted by Crippen LogP contribution is -2.65. The maximum atomic E-state index is 13.5. The molecule has 1 aromatic heterocycles. The number of aliphatic hydroxyl groups is 1. The number of benzene rings is 1. The number of hydrogen-bond donors (Lipinski definition) is 3. The number of rotatable bonds is 9. The molecule has 0 spiro atoms. The van der Waals surface area contributed by atoms with Gasteiger partial charge in [0.2, 0.25) is 5.91 Å². The standard InChI is InChI=1S/C31H42BN3O5/c1-18(2)15-26(32-39-25-17-21-16-24(30(21,4)5)31(25,6)40-32)34-29(38)27(19(3)36)35-28(37)23-14-10-13-22(33-23)20-11-8-7-9-12-20/h7-14,18-19,21,24-27,36H,15-17H2,1-6H3,(H,34,38)(H,35,37)/t19?,21-,24-,25?,26-,27?,31-/m0/s1. The van der Waals surface area contributed by atoms with Gasteiger partial charge in [-0.3, -0.25) is 9.59 Å². The minimum Gasteiger partial charge on any atom is -0.404 e. The van der Waals surface area contributed by atoms with Crippen LogP contribution in [-0.4, -0.2) is 58.8 Å². The van der Waals surface area contributed by atoms with E-state index in [9.17, 15) is 14.7 Å². The van der Waals surface area contributed by atoms with E-state index < -0.39 is 42.6 Å². The summed E-state index contributed by atoms with van der Waals surface area (Å²) in [6.45, 7) is 12.5. The van der Waals surface area contributed by atoms with Crippen molar-refractivity contribution in [2.45, 2.75) is 90.6 Å². The lowest BCUT2D eigenvalue weighted by molar-refractivity contribution is -0.199. The molecule has 2 aromatic rings. The second kappa shape index (κ2) is 10.9. The molecule has 4 aliphatic rings. The summed E-state index contributed by atoms with van der Waals surface area (Å²) in [6.07, 6.45) is 1.61. The van der Waals surface area contributed by atoms with Gasteiger partial charge in [0.1, 0.15) is 11.7 Å². The van der Waals surface area contributed by atoms with Crippen molar-refractivity contribution in [1.82, 2.24) is 15.6 Å². The molecule has 2 bridgehead atoms. The van der Waals surface area contributed by atoms with E-state index in [1.165, 1.54) is 6.92 Å². The Hall–Kier alpha value is -2.75. The molecule has 3 saturated carbocycles. The van der Waals surface area contributed by atoms with Crippen LogP contribution < -0.4 is 10.6 Å². The first-order valence-corrected chi connectivity index (χ1v) is 14.5. The zero-order chi connectivity index (χ0) is 28.8. The quantitative estimate of drug-likeness (QED) is 0.409. The number of hydrogen-bond acceptors (Lipinski definition) is 6. The van der Waals surface area contributed by atoms with Gasteiger partial charge in [0, 0.05) is 5.56 Å². The van der Waals surface area contributed by atoms with E-state index in [4.69, 9.17) is 9.31 Å². The summed E-state index contributed by atoms with van der Waals surface area (Å²) in [5, 5.41) is 16.3. The average Bonchev–Trinajstić information content (AvgIpc) is 3.28. The lowest BCUT2D eigenvalue weighted by Gasteiger charge is -2.64. The van der Waals surface area contributed by atoms with Crippen molar-refractivity contribution in [2.75, 3.05) is 0 Å². The fraction of sp³-hybridized carbons (Fsp3) is 0.581. The van der Waals surface area contributed by atoms with Gasteiger partial charge in [0.05, 0.1) is 29.4 Å². The summed E-state index contributed by atoms with van der Waals surface area (Å²) in [5.74, 6) is -0.138. The molecule has 3 aliphatic carbocycles. The van der Waals surface area contributed by atoms with Gasteiger partial charge in [-0.2, -0.15) is 0 Å². The van der Waals surface area contributed by atoms with Gasteiger partial charge < -0.3 is 25.0 Å². The smallest absolute Gasteiger partial charge is 0.404 e. The third kappa shape index (κ3) is 5.31. The summed E-state index contributed by atoms with van der Waals surface area (Å²) in [7, 11) is -0.592. The fourth-order valence-corrected chi connectivity index (χ4v) is 7.04. The van der Waals surface area contributed by atoms with E-state index in [0.29, 0.717) is 24.0 Å². The Balaban J connectivity index is 1.29. The first-order chi connectivity index (χ1) is 18.9. The molecule has 40 heavy (non-hydrogen) atoms. The van der Waals surface area contributed by atoms with Crippen LogP contribution in [0.5, 0.6) is 0 Å². The zero-order valence-electron chi connectivity index (χ0n) is 24.4. The van der Waals surface area contributed by atoms with Gasteiger partial charge >= 0.3 is 7.12 Å². The Bertz CT molecular complexity index is 1240. The summed E-state index contributed by atoms with van der Waals surface area (Å²) in [5.41, 5.74) is 1.52. The van der Waals surface area contributed by atoms with Crippen LogP contribution in [0.4, 0.5) is 0 Å². The number of aromatic nitrogens is 1. The van der Waals surface area contributed by atoms with Crippen molar-refractivity contribution in [1.29, 1.82) is 0 Å². The number of carbonyl (C=O) groups is 2. The fourth-order valence-electron chi connectivity index (χ4n) is 7.04. The largest absolute Gasteiger partial charge is 0.481 e. The van der Waals surface area contributed by atoms with Crippen LogP contribution in [0.2, 0.25) is 0 Å². The highest BCUT2D eigenvalue weighted by Gasteiger charge is 2.68. The molecule has 1 aromatic carbocycles. The predicted octanol–water partition coefficient (Wildman–Crippen LogP) is 4.03. The molecule has 8 nitrogen and oxygen atoms in total. The molecule has 7 atom stereocenters. The Labute approximate surface area is 237 Å². The van der Waals surface area contributed by atoms with Crippen LogP contribution in [0.15, 0.2) is 48.5 Å². The second-order valence-corrected chi connectivity index (χ2v) is 13.0. The van der Waals surface area contributed by atoms with Crippen LogP contribution in [0.25, 0.3) is 11.3 Å². The molecule has 9 heteroatoms. The molecule has 214 valence electrons. The topological polar surface area (TPSA) is 110 Å². The molecule has 3 unspecified atom stereocenters. The normalized spacial score (nSPS) is 28.7. The minimum atomic E-state index is -1.17. The van der Waals surface area contributed by atoms with Gasteiger partial charge in [-0.05, 0) is 68.4 Å². The first-order valence-electron chi connectivity index (χ1n) is 14.5. The Morgan fingerprint density at radius 2 is 1.77 bits per heavy atom. The lowest BCUT2D eigenvalue weighted by atomic mass is 9.43. The third-order valence-corrected chi connectivity index (χ3v) is 9.45.